The van der Waals surface area contributed by atoms with Crippen molar-refractivity contribution >= 4 is 12.0 Å². The second-order valence-corrected chi connectivity index (χ2v) is 6.03. The normalized spacial score (nSPS) is 10.9. The summed E-state index contributed by atoms with van der Waals surface area (Å²) in [5.74, 6) is -0.449. The van der Waals surface area contributed by atoms with Crippen LogP contribution in [0.25, 0.3) is 17.3 Å². The van der Waals surface area contributed by atoms with E-state index in [-0.39, 0.29) is 5.57 Å². The summed E-state index contributed by atoms with van der Waals surface area (Å²) in [6, 6.07) is 15.6. The monoisotopic (exact) mass is 369 g/mol. The quantitative estimate of drug-likeness (QED) is 0.394. The van der Waals surface area contributed by atoms with Crippen LogP contribution in [0.2, 0.25) is 0 Å². The van der Waals surface area contributed by atoms with Crippen LogP contribution in [0, 0.1) is 11.3 Å². The lowest BCUT2D eigenvalue weighted by atomic mass is 10.1. The van der Waals surface area contributed by atoms with E-state index in [4.69, 9.17) is 0 Å². The van der Waals surface area contributed by atoms with Crippen molar-refractivity contribution in [3.05, 3.63) is 90.4 Å². The van der Waals surface area contributed by atoms with Gasteiger partial charge in [-0.05, 0) is 23.8 Å². The maximum absolute atomic E-state index is 12.2. The molecular formula is C22H19N5O. The third kappa shape index (κ3) is 4.59. The van der Waals surface area contributed by atoms with E-state index in [9.17, 15) is 10.1 Å². The van der Waals surface area contributed by atoms with Crippen molar-refractivity contribution in [3.63, 3.8) is 0 Å². The van der Waals surface area contributed by atoms with Gasteiger partial charge < -0.3 is 5.32 Å². The molecule has 0 fully saturated rings. The molecule has 2 aromatic heterocycles. The molecule has 3 aromatic rings. The number of aromatic nitrogens is 3. The maximum atomic E-state index is 12.2. The zero-order chi connectivity index (χ0) is 19.8. The molecule has 0 saturated carbocycles. The molecule has 1 N–H and O–H groups in total. The number of pyridine rings is 1. The number of carbonyl (C=O) groups excluding carboxylic acids is 1. The standard InChI is InChI=1S/C22H19N5O/c1-2-10-25-22(28)19(13-23)12-20-16-27(15-17-7-4-3-5-8-17)26-21(20)18-9-6-11-24-14-18/h2-9,11-12,14,16H,1,10,15H2,(H,25,28)/b19-12+. The van der Waals surface area contributed by atoms with Gasteiger partial charge in [-0.2, -0.15) is 10.4 Å². The third-order valence-corrected chi connectivity index (χ3v) is 3.98. The Morgan fingerprint density at radius 2 is 2.07 bits per heavy atom. The Morgan fingerprint density at radius 3 is 2.75 bits per heavy atom. The number of benzene rings is 1. The van der Waals surface area contributed by atoms with E-state index >= 15 is 0 Å². The molecule has 138 valence electrons. The van der Waals surface area contributed by atoms with Crippen molar-refractivity contribution in [3.8, 4) is 17.3 Å². The van der Waals surface area contributed by atoms with Crippen molar-refractivity contribution in [2.45, 2.75) is 6.54 Å². The summed E-state index contributed by atoms with van der Waals surface area (Å²) in [6.45, 7) is 4.43. The van der Waals surface area contributed by atoms with Crippen molar-refractivity contribution < 1.29 is 4.79 Å². The lowest BCUT2D eigenvalue weighted by molar-refractivity contribution is -0.116. The Balaban J connectivity index is 2.00. The van der Waals surface area contributed by atoms with Crippen LogP contribution in [0.5, 0.6) is 0 Å². The first-order chi connectivity index (χ1) is 13.7. The second kappa shape index (κ2) is 9.10. The zero-order valence-corrected chi connectivity index (χ0v) is 15.2. The summed E-state index contributed by atoms with van der Waals surface area (Å²) in [7, 11) is 0. The Morgan fingerprint density at radius 1 is 1.25 bits per heavy atom. The minimum absolute atomic E-state index is 0.00579. The topological polar surface area (TPSA) is 83.6 Å². The fourth-order valence-electron chi connectivity index (χ4n) is 2.69. The van der Waals surface area contributed by atoms with Crippen molar-refractivity contribution in [1.82, 2.24) is 20.1 Å². The van der Waals surface area contributed by atoms with Gasteiger partial charge in [0.15, 0.2) is 0 Å². The lowest BCUT2D eigenvalue weighted by Crippen LogP contribution is -2.24. The van der Waals surface area contributed by atoms with Gasteiger partial charge in [-0.1, -0.05) is 36.4 Å². The first kappa shape index (κ1) is 18.8. The van der Waals surface area contributed by atoms with Crippen molar-refractivity contribution in [1.29, 1.82) is 5.26 Å². The van der Waals surface area contributed by atoms with E-state index in [2.05, 4.69) is 22.0 Å². The molecule has 1 aromatic carbocycles. The Kier molecular flexibility index (Phi) is 6.11. The smallest absolute Gasteiger partial charge is 0.262 e. The van der Waals surface area contributed by atoms with Gasteiger partial charge in [0.05, 0.1) is 6.54 Å². The highest BCUT2D eigenvalue weighted by atomic mass is 16.1. The van der Waals surface area contributed by atoms with E-state index in [1.54, 1.807) is 29.2 Å². The SMILES string of the molecule is C=CCNC(=O)/C(C#N)=C/c1cn(Cc2ccccc2)nc1-c1cccnc1. The minimum atomic E-state index is -0.449. The average molecular weight is 369 g/mol. The summed E-state index contributed by atoms with van der Waals surface area (Å²) in [4.78, 5) is 16.3. The van der Waals surface area contributed by atoms with Gasteiger partial charge in [-0.3, -0.25) is 14.5 Å². The van der Waals surface area contributed by atoms with Gasteiger partial charge in [0.25, 0.3) is 5.91 Å². The number of hydrogen-bond acceptors (Lipinski definition) is 4. The van der Waals surface area contributed by atoms with Crippen LogP contribution in [-0.2, 0) is 11.3 Å². The number of nitrogens with one attached hydrogen (secondary N) is 1. The molecule has 0 spiro atoms. The molecule has 0 aliphatic heterocycles. The Hall–Kier alpha value is -3.98. The summed E-state index contributed by atoms with van der Waals surface area (Å²) in [6.07, 6.45) is 8.33. The summed E-state index contributed by atoms with van der Waals surface area (Å²) in [5.41, 5.74) is 3.25. The molecule has 2 heterocycles. The first-order valence-electron chi connectivity index (χ1n) is 8.74. The molecule has 6 nitrogen and oxygen atoms in total. The van der Waals surface area contributed by atoms with Crippen molar-refractivity contribution in [2.24, 2.45) is 0 Å². The number of nitriles is 1. The van der Waals surface area contributed by atoms with Crippen LogP contribution in [0.1, 0.15) is 11.1 Å². The highest BCUT2D eigenvalue weighted by molar-refractivity contribution is 6.02. The predicted octanol–water partition coefficient (Wildman–Crippen LogP) is 3.20. The van der Waals surface area contributed by atoms with E-state index in [0.29, 0.717) is 24.3 Å². The van der Waals surface area contributed by atoms with Gasteiger partial charge in [-0.15, -0.1) is 6.58 Å². The first-order valence-corrected chi connectivity index (χ1v) is 8.74. The Bertz CT molecular complexity index is 1030. The fraction of sp³-hybridized carbons (Fsp3) is 0.0909. The molecule has 3 rings (SSSR count). The van der Waals surface area contributed by atoms with Crippen molar-refractivity contribution in [2.75, 3.05) is 6.54 Å². The molecule has 28 heavy (non-hydrogen) atoms. The fourth-order valence-corrected chi connectivity index (χ4v) is 2.69. The summed E-state index contributed by atoms with van der Waals surface area (Å²) < 4.78 is 1.79. The van der Waals surface area contributed by atoms with E-state index in [1.165, 1.54) is 0 Å². The largest absolute Gasteiger partial charge is 0.348 e. The lowest BCUT2D eigenvalue weighted by Gasteiger charge is -2.01. The zero-order valence-electron chi connectivity index (χ0n) is 15.2. The number of nitrogens with zero attached hydrogens (tertiary/aromatic N) is 4. The molecule has 0 bridgehead atoms. The molecule has 0 radical (unpaired) electrons. The van der Waals surface area contributed by atoms with Gasteiger partial charge in [0.2, 0.25) is 0 Å². The van der Waals surface area contributed by atoms with Gasteiger partial charge in [0, 0.05) is 36.3 Å². The average Bonchev–Trinajstić information content (AvgIpc) is 3.13. The van der Waals surface area contributed by atoms with Gasteiger partial charge in [-0.25, -0.2) is 0 Å². The Labute approximate surface area is 163 Å². The van der Waals surface area contributed by atoms with E-state index in [0.717, 1.165) is 11.1 Å². The van der Waals surface area contributed by atoms with E-state index in [1.807, 2.05) is 54.7 Å². The van der Waals surface area contributed by atoms with Gasteiger partial charge in [0.1, 0.15) is 17.3 Å². The van der Waals surface area contributed by atoms with Gasteiger partial charge >= 0.3 is 0 Å². The van der Waals surface area contributed by atoms with Crippen LogP contribution in [-0.4, -0.2) is 27.2 Å². The van der Waals surface area contributed by atoms with Crippen LogP contribution in [0.3, 0.4) is 0 Å². The number of amides is 1. The number of rotatable bonds is 7. The van der Waals surface area contributed by atoms with E-state index < -0.39 is 5.91 Å². The summed E-state index contributed by atoms with van der Waals surface area (Å²) in [5, 5.41) is 16.7. The molecule has 6 heteroatoms. The minimum Gasteiger partial charge on any atom is -0.348 e. The van der Waals surface area contributed by atoms with Crippen LogP contribution in [0.4, 0.5) is 0 Å². The molecule has 1 amide bonds. The molecule has 0 aliphatic carbocycles. The highest BCUT2D eigenvalue weighted by Gasteiger charge is 2.14. The van der Waals surface area contributed by atoms with Crippen LogP contribution in [0.15, 0.2) is 79.3 Å². The maximum Gasteiger partial charge on any atom is 0.262 e. The number of hydrogen-bond donors (Lipinski definition) is 1. The number of carbonyl (C=O) groups is 1. The molecule has 0 aliphatic rings. The molecule has 0 saturated heterocycles. The molecule has 0 atom stereocenters. The molecule has 0 unspecified atom stereocenters. The predicted molar refractivity (Wildman–Crippen MR) is 108 cm³/mol. The summed E-state index contributed by atoms with van der Waals surface area (Å²) >= 11 is 0. The van der Waals surface area contributed by atoms with Crippen LogP contribution >= 0.6 is 0 Å². The molecular weight excluding hydrogens is 350 g/mol. The highest BCUT2D eigenvalue weighted by Crippen LogP contribution is 2.24. The van der Waals surface area contributed by atoms with Crippen LogP contribution < -0.4 is 5.32 Å². The second-order valence-electron chi connectivity index (χ2n) is 6.03. The third-order valence-electron chi connectivity index (χ3n) is 3.98.